The molecule has 4 rings (SSSR count). The fourth-order valence-electron chi connectivity index (χ4n) is 4.33. The average molecular weight is 321 g/mol. The quantitative estimate of drug-likeness (QED) is 0.888. The Hall–Kier alpha value is -1.71. The van der Waals surface area contributed by atoms with E-state index >= 15 is 0 Å². The summed E-state index contributed by atoms with van der Waals surface area (Å²) in [6.07, 6.45) is 9.25. The molecule has 1 aromatic heterocycles. The van der Waals surface area contributed by atoms with E-state index in [0.29, 0.717) is 24.2 Å². The van der Waals surface area contributed by atoms with E-state index in [9.17, 15) is 0 Å². The minimum Gasteiger partial charge on any atom is -0.309 e. The molecular formula is C21H27N3. The van der Waals surface area contributed by atoms with Crippen molar-refractivity contribution in [1.82, 2.24) is 15.6 Å². The molecule has 0 spiro atoms. The largest absolute Gasteiger partial charge is 0.309 e. The molecule has 126 valence electrons. The summed E-state index contributed by atoms with van der Waals surface area (Å²) >= 11 is 0. The van der Waals surface area contributed by atoms with Gasteiger partial charge in [0.15, 0.2) is 0 Å². The van der Waals surface area contributed by atoms with Crippen molar-refractivity contribution in [2.75, 3.05) is 0 Å². The van der Waals surface area contributed by atoms with Gasteiger partial charge in [-0.3, -0.25) is 4.98 Å². The van der Waals surface area contributed by atoms with E-state index in [1.807, 2.05) is 12.3 Å². The minimum absolute atomic E-state index is 0.583. The van der Waals surface area contributed by atoms with E-state index in [1.165, 1.54) is 36.9 Å². The van der Waals surface area contributed by atoms with Gasteiger partial charge in [-0.05, 0) is 49.8 Å². The molecule has 0 aliphatic carbocycles. The number of benzene rings is 1. The Morgan fingerprint density at radius 3 is 2.08 bits per heavy atom. The van der Waals surface area contributed by atoms with Gasteiger partial charge in [-0.1, -0.05) is 36.4 Å². The SMILES string of the molecule is c1ccc(CC2CC[C@@H]([C@@H]3CCC(Cc4ccccn4)N3)N2)cc1. The summed E-state index contributed by atoms with van der Waals surface area (Å²) in [5, 5.41) is 7.75. The van der Waals surface area contributed by atoms with Gasteiger partial charge in [-0.15, -0.1) is 0 Å². The summed E-state index contributed by atoms with van der Waals surface area (Å²) in [7, 11) is 0. The van der Waals surface area contributed by atoms with Gasteiger partial charge in [0, 0.05) is 42.5 Å². The van der Waals surface area contributed by atoms with E-state index in [0.717, 1.165) is 12.8 Å². The zero-order valence-corrected chi connectivity index (χ0v) is 14.2. The first kappa shape index (κ1) is 15.8. The monoisotopic (exact) mass is 321 g/mol. The Labute approximate surface area is 144 Å². The predicted molar refractivity (Wildman–Crippen MR) is 98.0 cm³/mol. The molecule has 0 saturated carbocycles. The summed E-state index contributed by atoms with van der Waals surface area (Å²) in [5.41, 5.74) is 2.65. The Morgan fingerprint density at radius 2 is 1.42 bits per heavy atom. The van der Waals surface area contributed by atoms with Crippen molar-refractivity contribution in [3.8, 4) is 0 Å². The number of hydrogen-bond donors (Lipinski definition) is 2. The molecule has 3 heteroatoms. The number of rotatable bonds is 5. The van der Waals surface area contributed by atoms with Crippen LogP contribution in [-0.4, -0.2) is 29.2 Å². The first-order chi connectivity index (χ1) is 11.9. The van der Waals surface area contributed by atoms with Gasteiger partial charge in [-0.25, -0.2) is 0 Å². The molecule has 2 unspecified atom stereocenters. The lowest BCUT2D eigenvalue weighted by atomic mass is 10.0. The Morgan fingerprint density at radius 1 is 0.750 bits per heavy atom. The second-order valence-corrected chi connectivity index (χ2v) is 7.31. The fraction of sp³-hybridized carbons (Fsp3) is 0.476. The van der Waals surface area contributed by atoms with Crippen LogP contribution in [0.4, 0.5) is 0 Å². The summed E-state index contributed by atoms with van der Waals surface area (Å²) in [4.78, 5) is 4.47. The van der Waals surface area contributed by atoms with Gasteiger partial charge >= 0.3 is 0 Å². The van der Waals surface area contributed by atoms with Gasteiger partial charge in [0.2, 0.25) is 0 Å². The van der Waals surface area contributed by atoms with Gasteiger partial charge in [0.05, 0.1) is 0 Å². The molecule has 2 aromatic rings. The summed E-state index contributed by atoms with van der Waals surface area (Å²) in [5.74, 6) is 0. The summed E-state index contributed by atoms with van der Waals surface area (Å²) in [6, 6.07) is 19.5. The van der Waals surface area contributed by atoms with Crippen molar-refractivity contribution < 1.29 is 0 Å². The molecule has 0 bridgehead atoms. The van der Waals surface area contributed by atoms with Crippen molar-refractivity contribution in [3.63, 3.8) is 0 Å². The van der Waals surface area contributed by atoms with Crippen molar-refractivity contribution in [3.05, 3.63) is 66.0 Å². The molecule has 2 aliphatic heterocycles. The predicted octanol–water partition coefficient (Wildman–Crippen LogP) is 3.11. The molecule has 2 fully saturated rings. The van der Waals surface area contributed by atoms with Crippen LogP contribution in [0.15, 0.2) is 54.7 Å². The molecule has 0 amide bonds. The zero-order chi connectivity index (χ0) is 16.2. The van der Waals surface area contributed by atoms with Crippen LogP contribution in [0.25, 0.3) is 0 Å². The number of nitrogens with zero attached hydrogens (tertiary/aromatic N) is 1. The molecule has 0 radical (unpaired) electrons. The maximum atomic E-state index is 4.47. The lowest BCUT2D eigenvalue weighted by Crippen LogP contribution is -2.46. The highest BCUT2D eigenvalue weighted by atomic mass is 15.1. The lowest BCUT2D eigenvalue weighted by molar-refractivity contribution is 0.410. The third-order valence-electron chi connectivity index (χ3n) is 5.54. The highest BCUT2D eigenvalue weighted by Gasteiger charge is 2.34. The molecule has 3 heterocycles. The van der Waals surface area contributed by atoms with Crippen LogP contribution in [-0.2, 0) is 12.8 Å². The van der Waals surface area contributed by atoms with Crippen LogP contribution >= 0.6 is 0 Å². The topological polar surface area (TPSA) is 37.0 Å². The van der Waals surface area contributed by atoms with Gasteiger partial charge in [0.25, 0.3) is 0 Å². The molecular weight excluding hydrogens is 294 g/mol. The van der Waals surface area contributed by atoms with Crippen LogP contribution in [0.3, 0.4) is 0 Å². The molecule has 1 aromatic carbocycles. The third kappa shape index (κ3) is 3.85. The molecule has 4 atom stereocenters. The highest BCUT2D eigenvalue weighted by molar-refractivity contribution is 5.16. The Bertz CT molecular complexity index is 571. The summed E-state index contributed by atoms with van der Waals surface area (Å²) < 4.78 is 0. The van der Waals surface area contributed by atoms with Crippen molar-refractivity contribution in [2.24, 2.45) is 0 Å². The van der Waals surface area contributed by atoms with Crippen molar-refractivity contribution in [2.45, 2.75) is 62.7 Å². The summed E-state index contributed by atoms with van der Waals surface area (Å²) in [6.45, 7) is 0. The molecule has 2 aliphatic rings. The van der Waals surface area contributed by atoms with Crippen LogP contribution in [0.1, 0.15) is 36.9 Å². The molecule has 3 nitrogen and oxygen atoms in total. The maximum absolute atomic E-state index is 4.47. The standard InChI is InChI=1S/C21H27N3/c1-2-6-16(7-3-1)14-18-9-11-20(23-18)21-12-10-19(24-21)15-17-8-4-5-13-22-17/h1-8,13,18-21,23-24H,9-12,14-15H2/t18?,19?,20-,21-/m0/s1. The van der Waals surface area contributed by atoms with Crippen LogP contribution < -0.4 is 10.6 Å². The second-order valence-electron chi connectivity index (χ2n) is 7.31. The van der Waals surface area contributed by atoms with Crippen LogP contribution in [0.2, 0.25) is 0 Å². The maximum Gasteiger partial charge on any atom is 0.0419 e. The van der Waals surface area contributed by atoms with Gasteiger partial charge < -0.3 is 10.6 Å². The van der Waals surface area contributed by atoms with Gasteiger partial charge in [-0.2, -0.15) is 0 Å². The van der Waals surface area contributed by atoms with E-state index in [-0.39, 0.29) is 0 Å². The second kappa shape index (κ2) is 7.45. The zero-order valence-electron chi connectivity index (χ0n) is 14.2. The van der Waals surface area contributed by atoms with E-state index < -0.39 is 0 Å². The number of nitrogens with one attached hydrogen (secondary N) is 2. The normalized spacial score (nSPS) is 29.8. The Balaban J connectivity index is 1.27. The highest BCUT2D eigenvalue weighted by Crippen LogP contribution is 2.25. The van der Waals surface area contributed by atoms with Crippen molar-refractivity contribution >= 4 is 0 Å². The van der Waals surface area contributed by atoms with E-state index in [4.69, 9.17) is 0 Å². The van der Waals surface area contributed by atoms with Crippen molar-refractivity contribution in [1.29, 1.82) is 0 Å². The lowest BCUT2D eigenvalue weighted by Gasteiger charge is -2.22. The van der Waals surface area contributed by atoms with Crippen LogP contribution in [0.5, 0.6) is 0 Å². The van der Waals surface area contributed by atoms with E-state index in [2.05, 4.69) is 58.1 Å². The van der Waals surface area contributed by atoms with Gasteiger partial charge in [0.1, 0.15) is 0 Å². The molecule has 24 heavy (non-hydrogen) atoms. The van der Waals surface area contributed by atoms with E-state index in [1.54, 1.807) is 0 Å². The Kier molecular flexibility index (Phi) is 4.91. The average Bonchev–Trinajstić information content (AvgIpc) is 3.26. The van der Waals surface area contributed by atoms with Crippen LogP contribution in [0, 0.1) is 0 Å². The number of pyridine rings is 1. The number of hydrogen-bond acceptors (Lipinski definition) is 3. The first-order valence-electron chi connectivity index (χ1n) is 9.33. The fourth-order valence-corrected chi connectivity index (χ4v) is 4.33. The molecule has 2 saturated heterocycles. The minimum atomic E-state index is 0.583. The smallest absolute Gasteiger partial charge is 0.0419 e. The molecule has 2 N–H and O–H groups in total. The first-order valence-corrected chi connectivity index (χ1v) is 9.33. The third-order valence-corrected chi connectivity index (χ3v) is 5.54. The number of aromatic nitrogens is 1.